The summed E-state index contributed by atoms with van der Waals surface area (Å²) in [5.74, 6) is 6.26. The molecule has 0 saturated carbocycles. The Balaban J connectivity index is 3.52. The predicted molar refractivity (Wildman–Crippen MR) is 155 cm³/mol. The van der Waals surface area contributed by atoms with Gasteiger partial charge in [-0.05, 0) is 33.1 Å². The Hall–Kier alpha value is -1.36. The second-order valence-electron chi connectivity index (χ2n) is 9.04. The fraction of sp³-hybridized carbons (Fsp3) is 0.846. The van der Waals surface area contributed by atoms with E-state index in [2.05, 4.69) is 55.5 Å². The Bertz CT molecular complexity index is 658. The van der Waals surface area contributed by atoms with Crippen molar-refractivity contribution in [2.45, 2.75) is 71.1 Å². The summed E-state index contributed by atoms with van der Waals surface area (Å²) in [5, 5.41) is 8.54. The second-order valence-corrected chi connectivity index (χ2v) is 12.0. The van der Waals surface area contributed by atoms with E-state index < -0.39 is 12.2 Å². The molecule has 0 spiro atoms. The zero-order valence-electron chi connectivity index (χ0n) is 23.9. The number of hydrogen-bond donors (Lipinski definition) is 3. The number of amides is 2. The minimum atomic E-state index is -0.441. The Labute approximate surface area is 237 Å². The molecule has 3 N–H and O–H groups in total. The third-order valence-electron chi connectivity index (χ3n) is 4.58. The monoisotopic (exact) mass is 579 g/mol. The molecule has 0 saturated heterocycles. The summed E-state index contributed by atoms with van der Waals surface area (Å²) < 4.78 is 26.8. The molecular weight excluding hydrogens is 530 g/mol. The third kappa shape index (κ3) is 27.7. The molecule has 0 aliphatic carbocycles. The van der Waals surface area contributed by atoms with Crippen molar-refractivity contribution in [3.63, 3.8) is 0 Å². The molecule has 12 heteroatoms. The van der Waals surface area contributed by atoms with Crippen molar-refractivity contribution in [1.29, 1.82) is 0 Å². The number of alkyl carbamates (subject to hydrolysis) is 2. The molecule has 0 aliphatic heterocycles. The Morgan fingerprint density at radius 3 is 2.18 bits per heavy atom. The van der Waals surface area contributed by atoms with Gasteiger partial charge in [-0.2, -0.15) is 0 Å². The van der Waals surface area contributed by atoms with E-state index in [1.807, 2.05) is 6.92 Å². The van der Waals surface area contributed by atoms with Crippen LogP contribution in [0.1, 0.15) is 60.3 Å². The second kappa shape index (κ2) is 25.9. The number of carbonyl (C=O) groups is 2. The maximum absolute atomic E-state index is 11.8. The van der Waals surface area contributed by atoms with Gasteiger partial charge in [-0.25, -0.2) is 9.59 Å². The highest BCUT2D eigenvalue weighted by Crippen LogP contribution is 2.37. The van der Waals surface area contributed by atoms with Crippen molar-refractivity contribution in [3.05, 3.63) is 0 Å². The summed E-state index contributed by atoms with van der Waals surface area (Å²) in [5.41, 5.74) is 0. The van der Waals surface area contributed by atoms with Crippen molar-refractivity contribution in [1.82, 2.24) is 16.0 Å². The molecule has 0 aromatic carbocycles. The van der Waals surface area contributed by atoms with Crippen LogP contribution in [0, 0.1) is 11.8 Å². The van der Waals surface area contributed by atoms with Gasteiger partial charge >= 0.3 is 12.2 Å². The van der Waals surface area contributed by atoms with Crippen LogP contribution in [0.25, 0.3) is 0 Å². The first kappa shape index (κ1) is 36.6. The summed E-state index contributed by atoms with van der Waals surface area (Å²) in [6.07, 6.45) is 2.17. The summed E-state index contributed by atoms with van der Waals surface area (Å²) in [7, 11) is 3.33. The molecular formula is C26H49N3O7S2. The quantitative estimate of drug-likeness (QED) is 0.0704. The van der Waals surface area contributed by atoms with E-state index in [-0.39, 0.29) is 4.75 Å². The molecule has 0 bridgehead atoms. The number of carbonyl (C=O) groups excluding carboxylic acids is 2. The number of hydrogen-bond acceptors (Lipinski definition) is 10. The average molecular weight is 580 g/mol. The molecule has 0 radical (unpaired) electrons. The number of rotatable bonds is 23. The Kier molecular flexibility index (Phi) is 25.0. The van der Waals surface area contributed by atoms with Crippen LogP contribution in [0.15, 0.2) is 0 Å². The molecule has 0 atom stereocenters. The van der Waals surface area contributed by atoms with Gasteiger partial charge in [-0.15, -0.1) is 5.92 Å². The average Bonchev–Trinajstić information content (AvgIpc) is 2.86. The topological polar surface area (TPSA) is 116 Å². The highest BCUT2D eigenvalue weighted by Gasteiger charge is 2.19. The van der Waals surface area contributed by atoms with Gasteiger partial charge in [0.15, 0.2) is 0 Å². The van der Waals surface area contributed by atoms with Crippen molar-refractivity contribution in [2.24, 2.45) is 0 Å². The van der Waals surface area contributed by atoms with Crippen molar-refractivity contribution in [3.8, 4) is 11.8 Å². The first-order valence-corrected chi connectivity index (χ1v) is 15.6. The van der Waals surface area contributed by atoms with E-state index in [1.54, 1.807) is 21.6 Å². The lowest BCUT2D eigenvalue weighted by Gasteiger charge is -2.22. The van der Waals surface area contributed by atoms with Gasteiger partial charge in [0.1, 0.15) is 5.94 Å². The minimum Gasteiger partial charge on any atom is -0.450 e. The van der Waals surface area contributed by atoms with Gasteiger partial charge < -0.3 is 39.6 Å². The third-order valence-corrected chi connectivity index (χ3v) is 7.61. The zero-order chi connectivity index (χ0) is 28.3. The highest BCUT2D eigenvalue weighted by molar-refractivity contribution is 8.77. The molecule has 0 aliphatic rings. The first-order chi connectivity index (χ1) is 18.3. The van der Waals surface area contributed by atoms with Crippen molar-refractivity contribution >= 4 is 33.8 Å². The standard InChI is InChI=1S/C26H49N3O7S2/c1-6-7-8-12-28-24(30)35-16-10-9-15-34-22-37-38-26(4,5)11-17-36-25(31)29-14-19-33-21-20-32-18-13-27-23(2)3/h23,27H,6,9-22H2,1-5H3,(H,28,30)(H,29,31). The highest BCUT2D eigenvalue weighted by atomic mass is 33.1. The van der Waals surface area contributed by atoms with Gasteiger partial charge in [0.2, 0.25) is 0 Å². The molecule has 0 aromatic heterocycles. The van der Waals surface area contributed by atoms with Gasteiger partial charge in [-0.3, -0.25) is 0 Å². The molecule has 38 heavy (non-hydrogen) atoms. The molecule has 222 valence electrons. The van der Waals surface area contributed by atoms with E-state index in [9.17, 15) is 9.59 Å². The van der Waals surface area contributed by atoms with E-state index in [0.29, 0.717) is 71.3 Å². The Morgan fingerprint density at radius 1 is 0.816 bits per heavy atom. The summed E-state index contributed by atoms with van der Waals surface area (Å²) >= 11 is 0. The molecule has 0 aromatic rings. The van der Waals surface area contributed by atoms with Gasteiger partial charge in [0, 0.05) is 36.9 Å². The van der Waals surface area contributed by atoms with Crippen LogP contribution in [-0.4, -0.2) is 94.8 Å². The summed E-state index contributed by atoms with van der Waals surface area (Å²) in [6, 6.07) is 0.455. The lowest BCUT2D eigenvalue weighted by atomic mass is 10.1. The normalized spacial score (nSPS) is 11.1. The number of ether oxygens (including phenoxy) is 5. The fourth-order valence-corrected chi connectivity index (χ4v) is 4.83. The summed E-state index contributed by atoms with van der Waals surface area (Å²) in [6.45, 7) is 15.3. The van der Waals surface area contributed by atoms with E-state index >= 15 is 0 Å². The van der Waals surface area contributed by atoms with Gasteiger partial charge in [0.25, 0.3) is 0 Å². The molecule has 0 unspecified atom stereocenters. The zero-order valence-corrected chi connectivity index (χ0v) is 25.5. The maximum atomic E-state index is 11.8. The fourth-order valence-electron chi connectivity index (χ4n) is 2.55. The van der Waals surface area contributed by atoms with Crippen LogP contribution in [0.5, 0.6) is 0 Å². The maximum Gasteiger partial charge on any atom is 0.407 e. The van der Waals surface area contributed by atoms with Gasteiger partial charge in [-0.1, -0.05) is 48.3 Å². The largest absolute Gasteiger partial charge is 0.450 e. The molecule has 2 amide bonds. The van der Waals surface area contributed by atoms with Crippen LogP contribution in [0.4, 0.5) is 9.59 Å². The SMILES string of the molecule is CCC#CCNC(=O)OCCCCOCSSC(C)(C)CCOC(=O)NCCOCCOCCNC(C)C. The van der Waals surface area contributed by atoms with Crippen LogP contribution in [-0.2, 0) is 23.7 Å². The van der Waals surface area contributed by atoms with E-state index in [1.165, 1.54) is 0 Å². The van der Waals surface area contributed by atoms with Crippen LogP contribution >= 0.6 is 21.6 Å². The lowest BCUT2D eigenvalue weighted by molar-refractivity contribution is 0.0489. The van der Waals surface area contributed by atoms with Crippen LogP contribution in [0.3, 0.4) is 0 Å². The van der Waals surface area contributed by atoms with Crippen LogP contribution < -0.4 is 16.0 Å². The molecule has 0 fully saturated rings. The number of unbranched alkanes of at least 4 members (excludes halogenated alkanes) is 1. The lowest BCUT2D eigenvalue weighted by Crippen LogP contribution is -2.30. The summed E-state index contributed by atoms with van der Waals surface area (Å²) in [4.78, 5) is 23.3. The minimum absolute atomic E-state index is 0.0647. The van der Waals surface area contributed by atoms with Gasteiger partial charge in [0.05, 0.1) is 46.2 Å². The molecule has 0 heterocycles. The van der Waals surface area contributed by atoms with E-state index in [4.69, 9.17) is 23.7 Å². The Morgan fingerprint density at radius 2 is 1.47 bits per heavy atom. The first-order valence-electron chi connectivity index (χ1n) is 13.3. The van der Waals surface area contributed by atoms with E-state index in [0.717, 1.165) is 32.2 Å². The van der Waals surface area contributed by atoms with Crippen molar-refractivity contribution in [2.75, 3.05) is 71.8 Å². The smallest absolute Gasteiger partial charge is 0.407 e. The molecule has 10 nitrogen and oxygen atoms in total. The number of nitrogens with one attached hydrogen (secondary N) is 3. The van der Waals surface area contributed by atoms with Crippen molar-refractivity contribution < 1.29 is 33.3 Å². The predicted octanol–water partition coefficient (Wildman–Crippen LogP) is 4.19. The van der Waals surface area contributed by atoms with Crippen LogP contribution in [0.2, 0.25) is 0 Å². The molecule has 0 rings (SSSR count).